The summed E-state index contributed by atoms with van der Waals surface area (Å²) in [7, 11) is 1.50. The van der Waals surface area contributed by atoms with Gasteiger partial charge in [0.05, 0.1) is 18.7 Å². The lowest BCUT2D eigenvalue weighted by Crippen LogP contribution is -2.37. The minimum Gasteiger partial charge on any atom is -0.496 e. The van der Waals surface area contributed by atoms with E-state index in [-0.39, 0.29) is 24.3 Å². The zero-order chi connectivity index (χ0) is 18.8. The molecule has 2 amide bonds. The average molecular weight is 373 g/mol. The maximum absolute atomic E-state index is 12.6. The first-order valence-corrected chi connectivity index (χ1v) is 8.79. The Balaban J connectivity index is 1.74. The quantitative estimate of drug-likeness (QED) is 0.893. The maximum Gasteiger partial charge on any atom is 0.255 e. The Hall–Kier alpha value is -2.53. The van der Waals surface area contributed by atoms with Crippen LogP contribution in [0.5, 0.6) is 5.75 Å². The van der Waals surface area contributed by atoms with Crippen molar-refractivity contribution in [2.24, 2.45) is 0 Å². The molecule has 26 heavy (non-hydrogen) atoms. The van der Waals surface area contributed by atoms with E-state index in [1.54, 1.807) is 23.1 Å². The molecule has 0 bridgehead atoms. The van der Waals surface area contributed by atoms with Crippen LogP contribution in [0.15, 0.2) is 36.4 Å². The molecule has 0 spiro atoms. The lowest BCUT2D eigenvalue weighted by atomic mass is 10.1. The summed E-state index contributed by atoms with van der Waals surface area (Å²) in [5.41, 5.74) is 3.53. The second-order valence-corrected chi connectivity index (χ2v) is 6.93. The second kappa shape index (κ2) is 7.38. The highest BCUT2D eigenvalue weighted by molar-refractivity contribution is 6.31. The van der Waals surface area contributed by atoms with Crippen LogP contribution >= 0.6 is 11.6 Å². The molecule has 0 aromatic heterocycles. The Labute approximate surface area is 157 Å². The summed E-state index contributed by atoms with van der Waals surface area (Å²) in [6.07, 6.45) is 0.265. The molecule has 6 heteroatoms. The van der Waals surface area contributed by atoms with Gasteiger partial charge in [0.25, 0.3) is 5.91 Å². The molecule has 0 radical (unpaired) electrons. The van der Waals surface area contributed by atoms with Crippen molar-refractivity contribution >= 4 is 29.1 Å². The van der Waals surface area contributed by atoms with Crippen molar-refractivity contribution in [2.75, 3.05) is 18.6 Å². The van der Waals surface area contributed by atoms with Crippen molar-refractivity contribution in [2.45, 2.75) is 26.3 Å². The number of carbonyl (C=O) groups excluding carboxylic acids is 2. The SMILES string of the molecule is COc1ccc(Cl)cc1C(=O)N[C@@H]1CC(=O)N(c2ccc(C)c(C)c2)C1. The van der Waals surface area contributed by atoms with Gasteiger partial charge in [-0.1, -0.05) is 17.7 Å². The minimum absolute atomic E-state index is 0.00314. The third-order valence-corrected chi connectivity index (χ3v) is 4.90. The van der Waals surface area contributed by atoms with E-state index in [0.717, 1.165) is 11.3 Å². The summed E-state index contributed by atoms with van der Waals surface area (Å²) in [6.45, 7) is 4.49. The molecule has 1 heterocycles. The van der Waals surface area contributed by atoms with Gasteiger partial charge in [-0.25, -0.2) is 0 Å². The van der Waals surface area contributed by atoms with Gasteiger partial charge in [-0.2, -0.15) is 0 Å². The number of amides is 2. The molecular weight excluding hydrogens is 352 g/mol. The topological polar surface area (TPSA) is 58.6 Å². The summed E-state index contributed by atoms with van der Waals surface area (Å²) in [5.74, 6) is 0.142. The first-order valence-electron chi connectivity index (χ1n) is 8.41. The first-order chi connectivity index (χ1) is 12.4. The maximum atomic E-state index is 12.6. The normalized spacial score (nSPS) is 16.7. The van der Waals surface area contributed by atoms with E-state index in [4.69, 9.17) is 16.3 Å². The number of hydrogen-bond acceptors (Lipinski definition) is 3. The number of benzene rings is 2. The Kier molecular flexibility index (Phi) is 5.18. The van der Waals surface area contributed by atoms with Gasteiger partial charge in [-0.05, 0) is 55.3 Å². The Bertz CT molecular complexity index is 866. The van der Waals surface area contributed by atoms with Crippen molar-refractivity contribution in [3.63, 3.8) is 0 Å². The summed E-state index contributed by atoms with van der Waals surface area (Å²) in [4.78, 5) is 26.7. The molecular formula is C20H21ClN2O3. The Morgan fingerprint density at radius 1 is 1.19 bits per heavy atom. The fraction of sp³-hybridized carbons (Fsp3) is 0.300. The van der Waals surface area contributed by atoms with Gasteiger partial charge in [0.15, 0.2) is 0 Å². The number of hydrogen-bond donors (Lipinski definition) is 1. The van der Waals surface area contributed by atoms with Gasteiger partial charge < -0.3 is 15.0 Å². The van der Waals surface area contributed by atoms with Gasteiger partial charge in [-0.15, -0.1) is 0 Å². The number of carbonyl (C=O) groups is 2. The van der Waals surface area contributed by atoms with E-state index < -0.39 is 0 Å². The zero-order valence-corrected chi connectivity index (χ0v) is 15.8. The number of methoxy groups -OCH3 is 1. The van der Waals surface area contributed by atoms with Gasteiger partial charge >= 0.3 is 0 Å². The molecule has 2 aromatic carbocycles. The third kappa shape index (κ3) is 3.68. The lowest BCUT2D eigenvalue weighted by Gasteiger charge is -2.18. The van der Waals surface area contributed by atoms with E-state index in [1.807, 2.05) is 32.0 Å². The highest BCUT2D eigenvalue weighted by Crippen LogP contribution is 2.26. The largest absolute Gasteiger partial charge is 0.496 e. The molecule has 1 aliphatic rings. The number of nitrogens with zero attached hydrogens (tertiary/aromatic N) is 1. The molecule has 1 aliphatic heterocycles. The van der Waals surface area contributed by atoms with Crippen molar-refractivity contribution in [3.8, 4) is 5.75 Å². The smallest absolute Gasteiger partial charge is 0.255 e. The van der Waals surface area contributed by atoms with Crippen LogP contribution in [0.25, 0.3) is 0 Å². The van der Waals surface area contributed by atoms with Gasteiger partial charge in [-0.3, -0.25) is 9.59 Å². The summed E-state index contributed by atoms with van der Waals surface area (Å²) >= 11 is 5.99. The van der Waals surface area contributed by atoms with Crippen molar-refractivity contribution in [3.05, 3.63) is 58.1 Å². The number of ether oxygens (including phenoxy) is 1. The second-order valence-electron chi connectivity index (χ2n) is 6.49. The number of rotatable bonds is 4. The highest BCUT2D eigenvalue weighted by Gasteiger charge is 2.32. The number of nitrogens with one attached hydrogen (secondary N) is 1. The molecule has 5 nitrogen and oxygen atoms in total. The molecule has 136 valence electrons. The van der Waals surface area contributed by atoms with E-state index in [9.17, 15) is 9.59 Å². The predicted octanol–water partition coefficient (Wildman–Crippen LogP) is 3.50. The highest BCUT2D eigenvalue weighted by atomic mass is 35.5. The predicted molar refractivity (Wildman–Crippen MR) is 102 cm³/mol. The van der Waals surface area contributed by atoms with E-state index >= 15 is 0 Å². The van der Waals surface area contributed by atoms with E-state index in [1.165, 1.54) is 12.7 Å². The van der Waals surface area contributed by atoms with Crippen LogP contribution in [-0.2, 0) is 4.79 Å². The molecule has 0 saturated carbocycles. The fourth-order valence-corrected chi connectivity index (χ4v) is 3.24. The van der Waals surface area contributed by atoms with E-state index in [0.29, 0.717) is 22.9 Å². The van der Waals surface area contributed by atoms with Crippen LogP contribution in [0.3, 0.4) is 0 Å². The van der Waals surface area contributed by atoms with Gasteiger partial charge in [0.1, 0.15) is 5.75 Å². The fourth-order valence-electron chi connectivity index (χ4n) is 3.07. The van der Waals surface area contributed by atoms with Crippen LogP contribution in [-0.4, -0.2) is 31.5 Å². The molecule has 0 unspecified atom stereocenters. The molecule has 1 atom stereocenters. The van der Waals surface area contributed by atoms with Crippen molar-refractivity contribution < 1.29 is 14.3 Å². The molecule has 1 N–H and O–H groups in total. The van der Waals surface area contributed by atoms with Crippen LogP contribution < -0.4 is 15.0 Å². The Morgan fingerprint density at radius 3 is 2.65 bits per heavy atom. The lowest BCUT2D eigenvalue weighted by molar-refractivity contribution is -0.117. The van der Waals surface area contributed by atoms with Crippen LogP contribution in [0.4, 0.5) is 5.69 Å². The Morgan fingerprint density at radius 2 is 1.96 bits per heavy atom. The number of halogens is 1. The molecule has 1 saturated heterocycles. The van der Waals surface area contributed by atoms with Crippen molar-refractivity contribution in [1.29, 1.82) is 0 Å². The average Bonchev–Trinajstić information content (AvgIpc) is 2.97. The molecule has 3 rings (SSSR count). The molecule has 0 aliphatic carbocycles. The zero-order valence-electron chi connectivity index (χ0n) is 15.0. The van der Waals surface area contributed by atoms with Gasteiger partial charge in [0, 0.05) is 23.7 Å². The molecule has 1 fully saturated rings. The summed E-state index contributed by atoms with van der Waals surface area (Å²) in [5, 5.41) is 3.37. The number of anilines is 1. The van der Waals surface area contributed by atoms with Crippen molar-refractivity contribution in [1.82, 2.24) is 5.32 Å². The van der Waals surface area contributed by atoms with Crippen LogP contribution in [0, 0.1) is 13.8 Å². The van der Waals surface area contributed by atoms with E-state index in [2.05, 4.69) is 5.32 Å². The van der Waals surface area contributed by atoms with Crippen LogP contribution in [0.2, 0.25) is 5.02 Å². The first kappa shape index (κ1) is 18.3. The standard InChI is InChI=1S/C20H21ClN2O3/c1-12-4-6-16(8-13(12)2)23-11-15(10-19(23)24)22-20(25)17-9-14(21)5-7-18(17)26-3/h4-9,15H,10-11H2,1-3H3,(H,22,25)/t15-/m1/s1. The monoisotopic (exact) mass is 372 g/mol. The minimum atomic E-state index is -0.302. The van der Waals surface area contributed by atoms with Gasteiger partial charge in [0.2, 0.25) is 5.91 Å². The number of aryl methyl sites for hydroxylation is 2. The summed E-state index contributed by atoms with van der Waals surface area (Å²) in [6, 6.07) is 10.5. The molecule has 2 aromatic rings. The third-order valence-electron chi connectivity index (χ3n) is 4.67. The van der Waals surface area contributed by atoms with Crippen LogP contribution in [0.1, 0.15) is 27.9 Å². The summed E-state index contributed by atoms with van der Waals surface area (Å²) < 4.78 is 5.23.